The summed E-state index contributed by atoms with van der Waals surface area (Å²) < 4.78 is 5.15. The molecule has 0 aliphatic carbocycles. The molecule has 0 saturated carbocycles. The Hall–Kier alpha value is -1.28. The molecule has 0 unspecified atom stereocenters. The van der Waals surface area contributed by atoms with Crippen LogP contribution in [0.3, 0.4) is 0 Å². The van der Waals surface area contributed by atoms with E-state index < -0.39 is 0 Å². The van der Waals surface area contributed by atoms with E-state index in [2.05, 4.69) is 24.4 Å². The average molecular weight is 191 g/mol. The van der Waals surface area contributed by atoms with E-state index in [0.29, 0.717) is 0 Å². The van der Waals surface area contributed by atoms with E-state index >= 15 is 0 Å². The van der Waals surface area contributed by atoms with Crippen molar-refractivity contribution in [3.8, 4) is 5.75 Å². The number of ether oxygens (including phenoxy) is 1. The Balaban J connectivity index is 2.80. The van der Waals surface area contributed by atoms with Gasteiger partial charge in [-0.05, 0) is 31.7 Å². The average Bonchev–Trinajstić information content (AvgIpc) is 2.18. The highest BCUT2D eigenvalue weighted by Gasteiger charge is 1.93. The quantitative estimate of drug-likeness (QED) is 0.788. The molecule has 1 rings (SSSR count). The van der Waals surface area contributed by atoms with Gasteiger partial charge in [-0.2, -0.15) is 0 Å². The second kappa shape index (κ2) is 5.45. The zero-order valence-corrected chi connectivity index (χ0v) is 9.00. The second-order valence-electron chi connectivity index (χ2n) is 3.30. The molecular weight excluding hydrogens is 174 g/mol. The van der Waals surface area contributed by atoms with Crippen LogP contribution in [-0.4, -0.2) is 20.7 Å². The first-order valence-electron chi connectivity index (χ1n) is 4.72. The molecule has 0 bridgehead atoms. The van der Waals surface area contributed by atoms with Gasteiger partial charge in [0, 0.05) is 6.54 Å². The number of hydrogen-bond donors (Lipinski definition) is 1. The lowest BCUT2D eigenvalue weighted by Crippen LogP contribution is -2.08. The largest absolute Gasteiger partial charge is 0.497 e. The fourth-order valence-corrected chi connectivity index (χ4v) is 1.35. The highest BCUT2D eigenvalue weighted by Crippen LogP contribution is 2.14. The Labute approximate surface area is 85.6 Å². The van der Waals surface area contributed by atoms with Gasteiger partial charge in [0.1, 0.15) is 5.75 Å². The molecule has 0 spiro atoms. The second-order valence-corrected chi connectivity index (χ2v) is 3.30. The zero-order valence-electron chi connectivity index (χ0n) is 9.00. The highest BCUT2D eigenvalue weighted by molar-refractivity contribution is 5.54. The van der Waals surface area contributed by atoms with E-state index in [-0.39, 0.29) is 0 Å². The summed E-state index contributed by atoms with van der Waals surface area (Å²) in [6.07, 6.45) is 2.15. The van der Waals surface area contributed by atoms with Gasteiger partial charge < -0.3 is 10.1 Å². The molecule has 0 heterocycles. The maximum atomic E-state index is 5.15. The van der Waals surface area contributed by atoms with Crippen LogP contribution in [0.2, 0.25) is 0 Å². The Morgan fingerprint density at radius 1 is 1.50 bits per heavy atom. The summed E-state index contributed by atoms with van der Waals surface area (Å²) in [5, 5.41) is 3.12. The molecule has 0 amide bonds. The molecule has 76 valence electrons. The summed E-state index contributed by atoms with van der Waals surface area (Å²) in [7, 11) is 3.63. The van der Waals surface area contributed by atoms with Gasteiger partial charge in [0.2, 0.25) is 0 Å². The van der Waals surface area contributed by atoms with E-state index in [1.807, 2.05) is 25.2 Å². The minimum Gasteiger partial charge on any atom is -0.497 e. The third kappa shape index (κ3) is 3.23. The van der Waals surface area contributed by atoms with Crippen LogP contribution in [0.25, 0.3) is 6.08 Å². The van der Waals surface area contributed by atoms with Crippen molar-refractivity contribution in [3.63, 3.8) is 0 Å². The first-order valence-corrected chi connectivity index (χ1v) is 4.72. The van der Waals surface area contributed by atoms with E-state index in [1.165, 1.54) is 11.1 Å². The number of rotatable bonds is 4. The number of likely N-dealkylation sites (N-methyl/N-ethyl adjacent to an activating group) is 1. The Bertz CT molecular complexity index is 318. The maximum Gasteiger partial charge on any atom is 0.119 e. The van der Waals surface area contributed by atoms with Gasteiger partial charge in [-0.1, -0.05) is 23.8 Å². The van der Waals surface area contributed by atoms with Crippen molar-refractivity contribution in [3.05, 3.63) is 35.4 Å². The van der Waals surface area contributed by atoms with Crippen LogP contribution in [0.4, 0.5) is 0 Å². The highest BCUT2D eigenvalue weighted by atomic mass is 16.5. The predicted octanol–water partition coefficient (Wildman–Crippen LogP) is 2.32. The van der Waals surface area contributed by atoms with Crippen LogP contribution < -0.4 is 10.1 Å². The third-order valence-electron chi connectivity index (χ3n) is 1.96. The summed E-state index contributed by atoms with van der Waals surface area (Å²) in [5.74, 6) is 0.899. The molecule has 0 aliphatic heterocycles. The van der Waals surface area contributed by atoms with Gasteiger partial charge in [-0.3, -0.25) is 0 Å². The van der Waals surface area contributed by atoms with Gasteiger partial charge >= 0.3 is 0 Å². The van der Waals surface area contributed by atoms with E-state index in [1.54, 1.807) is 7.11 Å². The van der Waals surface area contributed by atoms with Crippen molar-refractivity contribution >= 4 is 6.08 Å². The lowest BCUT2D eigenvalue weighted by molar-refractivity contribution is 0.414. The van der Waals surface area contributed by atoms with Crippen LogP contribution in [-0.2, 0) is 0 Å². The van der Waals surface area contributed by atoms with E-state index in [0.717, 1.165) is 12.3 Å². The molecule has 0 atom stereocenters. The molecule has 0 aromatic heterocycles. The smallest absolute Gasteiger partial charge is 0.119 e. The molecule has 0 fully saturated rings. The molecule has 1 aromatic carbocycles. The topological polar surface area (TPSA) is 21.3 Å². The Morgan fingerprint density at radius 2 is 2.29 bits per heavy atom. The van der Waals surface area contributed by atoms with Crippen molar-refractivity contribution in [1.82, 2.24) is 5.32 Å². The minimum atomic E-state index is 0.899. The maximum absolute atomic E-state index is 5.15. The van der Waals surface area contributed by atoms with Crippen molar-refractivity contribution in [2.45, 2.75) is 6.92 Å². The van der Waals surface area contributed by atoms with Gasteiger partial charge in [0.15, 0.2) is 0 Å². The lowest BCUT2D eigenvalue weighted by Gasteiger charge is -2.02. The van der Waals surface area contributed by atoms with E-state index in [4.69, 9.17) is 4.74 Å². The third-order valence-corrected chi connectivity index (χ3v) is 1.96. The van der Waals surface area contributed by atoms with Crippen molar-refractivity contribution in [2.75, 3.05) is 20.7 Å². The van der Waals surface area contributed by atoms with Crippen LogP contribution in [0.5, 0.6) is 5.75 Å². The molecule has 0 radical (unpaired) electrons. The SMILES string of the molecule is CNCC(C)=Cc1cccc(OC)c1. The van der Waals surface area contributed by atoms with Gasteiger partial charge in [0.05, 0.1) is 7.11 Å². The fourth-order valence-electron chi connectivity index (χ4n) is 1.35. The van der Waals surface area contributed by atoms with Gasteiger partial charge in [0.25, 0.3) is 0 Å². The first-order chi connectivity index (χ1) is 6.76. The van der Waals surface area contributed by atoms with Crippen LogP contribution in [0.1, 0.15) is 12.5 Å². The molecule has 1 N–H and O–H groups in total. The van der Waals surface area contributed by atoms with Gasteiger partial charge in [-0.15, -0.1) is 0 Å². The van der Waals surface area contributed by atoms with Crippen LogP contribution in [0, 0.1) is 0 Å². The monoisotopic (exact) mass is 191 g/mol. The molecule has 0 aliphatic rings. The molecule has 2 nitrogen and oxygen atoms in total. The summed E-state index contributed by atoms with van der Waals surface area (Å²) in [5.41, 5.74) is 2.48. The number of methoxy groups -OCH3 is 1. The summed E-state index contributed by atoms with van der Waals surface area (Å²) in [6, 6.07) is 8.04. The molecule has 14 heavy (non-hydrogen) atoms. The molecular formula is C12H17NO. The van der Waals surface area contributed by atoms with E-state index in [9.17, 15) is 0 Å². The zero-order chi connectivity index (χ0) is 10.4. The van der Waals surface area contributed by atoms with Crippen LogP contribution in [0.15, 0.2) is 29.8 Å². The molecule has 0 saturated heterocycles. The summed E-state index contributed by atoms with van der Waals surface area (Å²) in [6.45, 7) is 3.02. The molecule has 1 aromatic rings. The summed E-state index contributed by atoms with van der Waals surface area (Å²) >= 11 is 0. The number of nitrogens with one attached hydrogen (secondary N) is 1. The van der Waals surface area contributed by atoms with Crippen molar-refractivity contribution < 1.29 is 4.74 Å². The standard InChI is InChI=1S/C12H17NO/c1-10(9-13-2)7-11-5-4-6-12(8-11)14-3/h4-8,13H,9H2,1-3H3. The van der Waals surface area contributed by atoms with Crippen molar-refractivity contribution in [1.29, 1.82) is 0 Å². The predicted molar refractivity (Wildman–Crippen MR) is 60.6 cm³/mol. The van der Waals surface area contributed by atoms with Gasteiger partial charge in [-0.25, -0.2) is 0 Å². The summed E-state index contributed by atoms with van der Waals surface area (Å²) in [4.78, 5) is 0. The minimum absolute atomic E-state index is 0.899. The first kappa shape index (κ1) is 10.8. The lowest BCUT2D eigenvalue weighted by atomic mass is 10.1. The Kier molecular flexibility index (Phi) is 4.20. The molecule has 2 heteroatoms. The van der Waals surface area contributed by atoms with Crippen molar-refractivity contribution in [2.24, 2.45) is 0 Å². The Morgan fingerprint density at radius 3 is 2.93 bits per heavy atom. The number of benzene rings is 1. The number of hydrogen-bond acceptors (Lipinski definition) is 2. The normalized spacial score (nSPS) is 11.5. The van der Waals surface area contributed by atoms with Crippen LogP contribution >= 0.6 is 0 Å². The fraction of sp³-hybridized carbons (Fsp3) is 0.333.